The zero-order chi connectivity index (χ0) is 11.3. The van der Waals surface area contributed by atoms with Gasteiger partial charge in [-0.1, -0.05) is 6.92 Å². The van der Waals surface area contributed by atoms with Crippen LogP contribution in [0.2, 0.25) is 0 Å². The molecule has 1 heterocycles. The molecule has 1 amide bonds. The standard InChI is InChI=1S/C11H18N2O2.ClH/c1-9(7-12-2)11(14)13(3)8-10-5-4-6-15-10;/h4-6,9,12H,7-8H2,1-3H3;1H. The zero-order valence-electron chi connectivity index (χ0n) is 9.90. The van der Waals surface area contributed by atoms with E-state index in [1.54, 1.807) is 18.2 Å². The SMILES string of the molecule is CNCC(C)C(=O)N(C)Cc1ccco1.Cl. The quantitative estimate of drug-likeness (QED) is 0.857. The summed E-state index contributed by atoms with van der Waals surface area (Å²) in [6.45, 7) is 3.14. The first-order chi connectivity index (χ1) is 7.15. The van der Waals surface area contributed by atoms with Crippen LogP contribution in [0.1, 0.15) is 12.7 Å². The number of nitrogens with one attached hydrogen (secondary N) is 1. The Labute approximate surface area is 102 Å². The van der Waals surface area contributed by atoms with E-state index in [2.05, 4.69) is 5.32 Å². The van der Waals surface area contributed by atoms with Crippen LogP contribution in [0.4, 0.5) is 0 Å². The second-order valence-corrected chi connectivity index (χ2v) is 3.73. The Morgan fingerprint density at radius 2 is 2.31 bits per heavy atom. The van der Waals surface area contributed by atoms with Gasteiger partial charge >= 0.3 is 0 Å². The molecule has 92 valence electrons. The average molecular weight is 247 g/mol. The van der Waals surface area contributed by atoms with Gasteiger partial charge in [-0.15, -0.1) is 12.4 Å². The summed E-state index contributed by atoms with van der Waals surface area (Å²) in [5.74, 6) is 0.929. The summed E-state index contributed by atoms with van der Waals surface area (Å²) in [5, 5.41) is 2.99. The zero-order valence-corrected chi connectivity index (χ0v) is 10.7. The molecule has 0 radical (unpaired) electrons. The molecule has 0 aliphatic rings. The summed E-state index contributed by atoms with van der Waals surface area (Å²) in [6.07, 6.45) is 1.62. The number of hydrogen-bond acceptors (Lipinski definition) is 3. The topological polar surface area (TPSA) is 45.5 Å². The van der Waals surface area contributed by atoms with Crippen LogP contribution in [0.3, 0.4) is 0 Å². The van der Waals surface area contributed by atoms with Crippen molar-refractivity contribution >= 4 is 18.3 Å². The Kier molecular flexibility index (Phi) is 6.85. The first-order valence-corrected chi connectivity index (χ1v) is 5.07. The number of halogens is 1. The van der Waals surface area contributed by atoms with Crippen molar-refractivity contribution in [1.82, 2.24) is 10.2 Å². The first kappa shape index (κ1) is 15.0. The Morgan fingerprint density at radius 3 is 2.81 bits per heavy atom. The Hall–Kier alpha value is -1.00. The predicted octanol–water partition coefficient (Wildman–Crippen LogP) is 1.52. The minimum absolute atomic E-state index is 0. The van der Waals surface area contributed by atoms with E-state index >= 15 is 0 Å². The molecule has 0 saturated heterocycles. The van der Waals surface area contributed by atoms with Crippen LogP contribution in [0.15, 0.2) is 22.8 Å². The summed E-state index contributed by atoms with van der Waals surface area (Å²) in [4.78, 5) is 13.5. The van der Waals surface area contributed by atoms with Crippen LogP contribution in [-0.4, -0.2) is 31.4 Å². The van der Waals surface area contributed by atoms with E-state index in [1.807, 2.05) is 26.1 Å². The molecule has 16 heavy (non-hydrogen) atoms. The molecule has 0 aliphatic carbocycles. The van der Waals surface area contributed by atoms with Gasteiger partial charge < -0.3 is 14.6 Å². The lowest BCUT2D eigenvalue weighted by atomic mass is 10.1. The predicted molar refractivity (Wildman–Crippen MR) is 65.5 cm³/mol. The van der Waals surface area contributed by atoms with Gasteiger partial charge in [-0.05, 0) is 19.2 Å². The molecule has 1 aromatic rings. The van der Waals surface area contributed by atoms with Crippen molar-refractivity contribution in [2.75, 3.05) is 20.6 Å². The van der Waals surface area contributed by atoms with Crippen LogP contribution >= 0.6 is 12.4 Å². The van der Waals surface area contributed by atoms with Crippen molar-refractivity contribution in [2.45, 2.75) is 13.5 Å². The van der Waals surface area contributed by atoms with Crippen LogP contribution in [0, 0.1) is 5.92 Å². The van der Waals surface area contributed by atoms with E-state index in [4.69, 9.17) is 4.42 Å². The molecule has 4 nitrogen and oxygen atoms in total. The Bertz CT molecular complexity index is 301. The molecule has 0 bridgehead atoms. The first-order valence-electron chi connectivity index (χ1n) is 5.07. The fourth-order valence-corrected chi connectivity index (χ4v) is 1.48. The molecule has 0 spiro atoms. The third kappa shape index (κ3) is 4.24. The monoisotopic (exact) mass is 246 g/mol. The molecule has 0 aromatic carbocycles. The van der Waals surface area contributed by atoms with Crippen molar-refractivity contribution < 1.29 is 9.21 Å². The van der Waals surface area contributed by atoms with E-state index in [-0.39, 0.29) is 24.2 Å². The third-order valence-corrected chi connectivity index (χ3v) is 2.28. The maximum atomic E-state index is 11.8. The minimum atomic E-state index is -0.00466. The summed E-state index contributed by atoms with van der Waals surface area (Å²) in [7, 11) is 3.63. The Morgan fingerprint density at radius 1 is 1.62 bits per heavy atom. The number of amides is 1. The average Bonchev–Trinajstić information content (AvgIpc) is 2.69. The van der Waals surface area contributed by atoms with Crippen molar-refractivity contribution in [3.63, 3.8) is 0 Å². The van der Waals surface area contributed by atoms with Gasteiger partial charge in [0.05, 0.1) is 12.8 Å². The summed E-state index contributed by atoms with van der Waals surface area (Å²) in [5.41, 5.74) is 0. The van der Waals surface area contributed by atoms with Crippen LogP contribution in [0.25, 0.3) is 0 Å². The van der Waals surface area contributed by atoms with E-state index in [0.717, 1.165) is 5.76 Å². The smallest absolute Gasteiger partial charge is 0.226 e. The van der Waals surface area contributed by atoms with E-state index < -0.39 is 0 Å². The number of carbonyl (C=O) groups is 1. The van der Waals surface area contributed by atoms with Gasteiger partial charge in [-0.3, -0.25) is 4.79 Å². The number of rotatable bonds is 5. The van der Waals surface area contributed by atoms with E-state index in [0.29, 0.717) is 13.1 Å². The molecule has 1 atom stereocenters. The lowest BCUT2D eigenvalue weighted by Gasteiger charge is -2.20. The molecule has 0 fully saturated rings. The molecular weight excluding hydrogens is 228 g/mol. The fraction of sp³-hybridized carbons (Fsp3) is 0.545. The minimum Gasteiger partial charge on any atom is -0.467 e. The molecule has 1 aromatic heterocycles. The summed E-state index contributed by atoms with van der Waals surface area (Å²) < 4.78 is 5.18. The van der Waals surface area contributed by atoms with E-state index in [9.17, 15) is 4.79 Å². The summed E-state index contributed by atoms with van der Waals surface area (Å²) >= 11 is 0. The summed E-state index contributed by atoms with van der Waals surface area (Å²) in [6, 6.07) is 3.69. The van der Waals surface area contributed by atoms with Crippen molar-refractivity contribution in [3.05, 3.63) is 24.2 Å². The molecule has 1 N–H and O–H groups in total. The van der Waals surface area contributed by atoms with Crippen LogP contribution in [0.5, 0.6) is 0 Å². The second-order valence-electron chi connectivity index (χ2n) is 3.73. The molecule has 1 unspecified atom stereocenters. The van der Waals surface area contributed by atoms with Gasteiger partial charge in [0, 0.05) is 19.5 Å². The van der Waals surface area contributed by atoms with Gasteiger partial charge in [0.2, 0.25) is 5.91 Å². The van der Waals surface area contributed by atoms with E-state index in [1.165, 1.54) is 0 Å². The van der Waals surface area contributed by atoms with Gasteiger partial charge in [0.25, 0.3) is 0 Å². The highest BCUT2D eigenvalue weighted by Crippen LogP contribution is 2.07. The van der Waals surface area contributed by atoms with Gasteiger partial charge in [0.1, 0.15) is 5.76 Å². The Balaban J connectivity index is 0.00000225. The molecule has 1 rings (SSSR count). The molecule has 0 aliphatic heterocycles. The van der Waals surface area contributed by atoms with Crippen molar-refractivity contribution in [1.29, 1.82) is 0 Å². The fourth-order valence-electron chi connectivity index (χ4n) is 1.48. The van der Waals surface area contributed by atoms with Crippen LogP contribution < -0.4 is 5.32 Å². The number of furan rings is 1. The normalized spacial score (nSPS) is 11.7. The maximum absolute atomic E-state index is 11.8. The molecule has 5 heteroatoms. The highest BCUT2D eigenvalue weighted by atomic mass is 35.5. The van der Waals surface area contributed by atoms with Gasteiger partial charge in [-0.2, -0.15) is 0 Å². The number of nitrogens with zero attached hydrogens (tertiary/aromatic N) is 1. The van der Waals surface area contributed by atoms with Crippen molar-refractivity contribution in [2.24, 2.45) is 5.92 Å². The maximum Gasteiger partial charge on any atom is 0.226 e. The second kappa shape index (κ2) is 7.30. The highest BCUT2D eigenvalue weighted by Gasteiger charge is 2.17. The molecule has 0 saturated carbocycles. The van der Waals surface area contributed by atoms with Crippen LogP contribution in [-0.2, 0) is 11.3 Å². The highest BCUT2D eigenvalue weighted by molar-refractivity contribution is 5.85. The lowest BCUT2D eigenvalue weighted by Crippen LogP contribution is -2.35. The van der Waals surface area contributed by atoms with Crippen molar-refractivity contribution in [3.8, 4) is 0 Å². The number of carbonyl (C=O) groups excluding carboxylic acids is 1. The third-order valence-electron chi connectivity index (χ3n) is 2.28. The van der Waals surface area contributed by atoms with Gasteiger partial charge in [0.15, 0.2) is 0 Å². The largest absolute Gasteiger partial charge is 0.467 e. The number of hydrogen-bond donors (Lipinski definition) is 1. The molecular formula is C11H19ClN2O2. The lowest BCUT2D eigenvalue weighted by molar-refractivity contribution is -0.134. The van der Waals surface area contributed by atoms with Gasteiger partial charge in [-0.25, -0.2) is 0 Å².